The van der Waals surface area contributed by atoms with Crippen molar-refractivity contribution in [2.45, 2.75) is 70.7 Å². The zero-order valence-electron chi connectivity index (χ0n) is 14.7. The molecule has 0 unspecified atom stereocenters. The molecule has 7 heteroatoms. The molecule has 23 heavy (non-hydrogen) atoms. The lowest BCUT2D eigenvalue weighted by Gasteiger charge is -2.27. The molecule has 0 spiro atoms. The van der Waals surface area contributed by atoms with Gasteiger partial charge in [-0.3, -0.25) is 4.90 Å². The SMILES string of the molecule is CC(C)CCSc1nnc([C@@H]2CCCN2C(=O)OC(C)(C)C)o1. The van der Waals surface area contributed by atoms with E-state index in [2.05, 4.69) is 24.0 Å². The number of hydrogen-bond acceptors (Lipinski definition) is 6. The lowest BCUT2D eigenvalue weighted by molar-refractivity contribution is 0.0201. The van der Waals surface area contributed by atoms with Gasteiger partial charge in [-0.2, -0.15) is 0 Å². The minimum atomic E-state index is -0.503. The third-order valence-corrected chi connectivity index (χ3v) is 4.36. The summed E-state index contributed by atoms with van der Waals surface area (Å²) in [5.74, 6) is 2.13. The van der Waals surface area contributed by atoms with Gasteiger partial charge in [0.25, 0.3) is 5.22 Å². The Morgan fingerprint density at radius 2 is 2.17 bits per heavy atom. The van der Waals surface area contributed by atoms with Crippen LogP contribution >= 0.6 is 11.8 Å². The average Bonchev–Trinajstić information content (AvgIpc) is 3.03. The number of thioether (sulfide) groups is 1. The van der Waals surface area contributed by atoms with Gasteiger partial charge in [0, 0.05) is 12.3 Å². The highest BCUT2D eigenvalue weighted by atomic mass is 32.2. The number of carbonyl (C=O) groups excluding carboxylic acids is 1. The van der Waals surface area contributed by atoms with E-state index < -0.39 is 5.60 Å². The maximum atomic E-state index is 12.3. The summed E-state index contributed by atoms with van der Waals surface area (Å²) >= 11 is 1.57. The minimum Gasteiger partial charge on any atom is -0.444 e. The standard InChI is InChI=1S/C16H27N3O3S/c1-11(2)8-10-23-14-18-17-13(21-14)12-7-6-9-19(12)15(20)22-16(3,4)5/h11-12H,6-10H2,1-5H3/t12-/m0/s1. The van der Waals surface area contributed by atoms with Crippen LogP contribution in [0.2, 0.25) is 0 Å². The van der Waals surface area contributed by atoms with Crippen molar-refractivity contribution >= 4 is 17.9 Å². The van der Waals surface area contributed by atoms with Gasteiger partial charge in [0.15, 0.2) is 0 Å². The van der Waals surface area contributed by atoms with Crippen molar-refractivity contribution in [1.82, 2.24) is 15.1 Å². The molecule has 1 aromatic heterocycles. The van der Waals surface area contributed by atoms with Crippen molar-refractivity contribution < 1.29 is 13.9 Å². The highest BCUT2D eigenvalue weighted by Gasteiger charge is 2.36. The molecule has 2 rings (SSSR count). The van der Waals surface area contributed by atoms with Crippen LogP contribution in [0.3, 0.4) is 0 Å². The van der Waals surface area contributed by atoms with Crippen molar-refractivity contribution in [3.63, 3.8) is 0 Å². The highest BCUT2D eigenvalue weighted by molar-refractivity contribution is 7.99. The maximum Gasteiger partial charge on any atom is 0.410 e. The number of rotatable bonds is 5. The zero-order valence-corrected chi connectivity index (χ0v) is 15.5. The molecule has 0 aromatic carbocycles. The molecule has 2 heterocycles. The molecular formula is C16H27N3O3S. The molecule has 0 bridgehead atoms. The Labute approximate surface area is 142 Å². The number of ether oxygens (including phenoxy) is 1. The van der Waals surface area contributed by atoms with Crippen molar-refractivity contribution in [2.24, 2.45) is 5.92 Å². The van der Waals surface area contributed by atoms with E-state index in [1.54, 1.807) is 16.7 Å². The number of carbonyl (C=O) groups is 1. The number of likely N-dealkylation sites (tertiary alicyclic amines) is 1. The normalized spacial score (nSPS) is 18.7. The summed E-state index contributed by atoms with van der Waals surface area (Å²) in [6.07, 6.45) is 2.54. The Bertz CT molecular complexity index is 525. The third-order valence-electron chi connectivity index (χ3n) is 3.51. The molecule has 6 nitrogen and oxygen atoms in total. The molecule has 1 atom stereocenters. The lowest BCUT2D eigenvalue weighted by Crippen LogP contribution is -2.36. The van der Waals surface area contributed by atoms with Crippen LogP contribution in [-0.2, 0) is 4.74 Å². The van der Waals surface area contributed by atoms with Gasteiger partial charge in [-0.25, -0.2) is 4.79 Å². The number of aromatic nitrogens is 2. The Balaban J connectivity index is 1.97. The topological polar surface area (TPSA) is 68.5 Å². The Hall–Kier alpha value is -1.24. The number of nitrogens with zero attached hydrogens (tertiary/aromatic N) is 3. The van der Waals surface area contributed by atoms with Gasteiger partial charge in [-0.1, -0.05) is 25.6 Å². The van der Waals surface area contributed by atoms with Crippen molar-refractivity contribution in [2.75, 3.05) is 12.3 Å². The Morgan fingerprint density at radius 1 is 1.43 bits per heavy atom. The molecule has 0 saturated carbocycles. The predicted octanol–water partition coefficient (Wildman–Crippen LogP) is 4.28. The van der Waals surface area contributed by atoms with Crippen LogP contribution < -0.4 is 0 Å². The largest absolute Gasteiger partial charge is 0.444 e. The molecule has 0 radical (unpaired) electrons. The summed E-state index contributed by atoms with van der Waals surface area (Å²) in [5.41, 5.74) is -0.503. The second-order valence-electron chi connectivity index (χ2n) is 7.27. The summed E-state index contributed by atoms with van der Waals surface area (Å²) in [5, 5.41) is 8.81. The monoisotopic (exact) mass is 341 g/mol. The van der Waals surface area contributed by atoms with Crippen LogP contribution in [0, 0.1) is 5.92 Å². The van der Waals surface area contributed by atoms with Crippen molar-refractivity contribution in [3.8, 4) is 0 Å². The minimum absolute atomic E-state index is 0.170. The van der Waals surface area contributed by atoms with Crippen LogP contribution in [-0.4, -0.2) is 39.1 Å². The van der Waals surface area contributed by atoms with E-state index in [-0.39, 0.29) is 12.1 Å². The molecule has 1 aliphatic rings. The lowest BCUT2D eigenvalue weighted by atomic mass is 10.2. The predicted molar refractivity (Wildman–Crippen MR) is 89.4 cm³/mol. The van der Waals surface area contributed by atoms with E-state index >= 15 is 0 Å². The van der Waals surface area contributed by atoms with E-state index in [0.717, 1.165) is 25.0 Å². The Kier molecular flexibility index (Phi) is 5.95. The fraction of sp³-hybridized carbons (Fsp3) is 0.812. The fourth-order valence-electron chi connectivity index (χ4n) is 2.36. The number of amides is 1. The van der Waals surface area contributed by atoms with E-state index in [1.165, 1.54) is 0 Å². The summed E-state index contributed by atoms with van der Waals surface area (Å²) in [4.78, 5) is 14.0. The van der Waals surface area contributed by atoms with E-state index in [4.69, 9.17) is 9.15 Å². The molecule has 1 aliphatic heterocycles. The van der Waals surface area contributed by atoms with Gasteiger partial charge >= 0.3 is 6.09 Å². The Morgan fingerprint density at radius 3 is 2.83 bits per heavy atom. The van der Waals surface area contributed by atoms with Gasteiger partial charge < -0.3 is 9.15 Å². The van der Waals surface area contributed by atoms with E-state index in [1.807, 2.05) is 20.8 Å². The summed E-state index contributed by atoms with van der Waals surface area (Å²) in [7, 11) is 0. The van der Waals surface area contributed by atoms with Crippen molar-refractivity contribution in [3.05, 3.63) is 5.89 Å². The first-order valence-corrected chi connectivity index (χ1v) is 9.20. The zero-order chi connectivity index (χ0) is 17.0. The second kappa shape index (κ2) is 7.55. The van der Waals surface area contributed by atoms with Gasteiger partial charge in [0.1, 0.15) is 11.6 Å². The van der Waals surface area contributed by atoms with Gasteiger partial charge in [-0.05, 0) is 46.0 Å². The van der Waals surface area contributed by atoms with Gasteiger partial charge in [-0.15, -0.1) is 10.2 Å². The second-order valence-corrected chi connectivity index (χ2v) is 8.32. The first-order chi connectivity index (χ1) is 10.8. The van der Waals surface area contributed by atoms with E-state index in [9.17, 15) is 4.79 Å². The van der Waals surface area contributed by atoms with Gasteiger partial charge in [0.2, 0.25) is 5.89 Å². The van der Waals surface area contributed by atoms with E-state index in [0.29, 0.717) is 23.6 Å². The molecule has 1 fully saturated rings. The van der Waals surface area contributed by atoms with Crippen LogP contribution in [0.4, 0.5) is 4.79 Å². The smallest absolute Gasteiger partial charge is 0.410 e. The summed E-state index contributed by atoms with van der Waals surface area (Å²) in [6, 6.07) is -0.170. The maximum absolute atomic E-state index is 12.3. The molecule has 0 N–H and O–H groups in total. The average molecular weight is 341 g/mol. The molecular weight excluding hydrogens is 314 g/mol. The third kappa shape index (κ3) is 5.41. The number of hydrogen-bond donors (Lipinski definition) is 0. The van der Waals surface area contributed by atoms with Crippen molar-refractivity contribution in [1.29, 1.82) is 0 Å². The molecule has 1 saturated heterocycles. The molecule has 1 aromatic rings. The molecule has 1 amide bonds. The van der Waals surface area contributed by atoms with Crippen LogP contribution in [0.15, 0.2) is 9.64 Å². The first kappa shape index (κ1) is 18.1. The highest BCUT2D eigenvalue weighted by Crippen LogP contribution is 2.33. The summed E-state index contributed by atoms with van der Waals surface area (Å²) < 4.78 is 11.2. The van der Waals surface area contributed by atoms with Crippen LogP contribution in [0.1, 0.15) is 65.8 Å². The first-order valence-electron chi connectivity index (χ1n) is 8.22. The van der Waals surface area contributed by atoms with Crippen LogP contribution in [0.5, 0.6) is 0 Å². The molecule has 130 valence electrons. The fourth-order valence-corrected chi connectivity index (χ4v) is 3.36. The quantitative estimate of drug-likeness (QED) is 0.745. The molecule has 0 aliphatic carbocycles. The van der Waals surface area contributed by atoms with Gasteiger partial charge in [0.05, 0.1) is 0 Å². The van der Waals surface area contributed by atoms with Crippen LogP contribution in [0.25, 0.3) is 0 Å². The summed E-state index contributed by atoms with van der Waals surface area (Å²) in [6.45, 7) is 10.6.